The van der Waals surface area contributed by atoms with Gasteiger partial charge in [-0.3, -0.25) is 23.7 Å². The van der Waals surface area contributed by atoms with Gasteiger partial charge in [-0.2, -0.15) is 10.2 Å². The monoisotopic (exact) mass is 1220 g/mol. The highest BCUT2D eigenvalue weighted by molar-refractivity contribution is 6.76. The first kappa shape index (κ1) is 62.2. The largest absolute Gasteiger partial charge is 0.478 e. The predicted molar refractivity (Wildman–Crippen MR) is 313 cm³/mol. The molecule has 83 heavy (non-hydrogen) atoms. The van der Waals surface area contributed by atoms with E-state index in [1.807, 2.05) is 25.2 Å². The molecule has 2 aliphatic heterocycles. The Hall–Kier alpha value is -6.89. The summed E-state index contributed by atoms with van der Waals surface area (Å²) in [5.41, 5.74) is 10.8. The molecule has 444 valence electrons. The fourth-order valence-corrected chi connectivity index (χ4v) is 10.9. The van der Waals surface area contributed by atoms with Gasteiger partial charge in [0.05, 0.1) is 61.2 Å². The van der Waals surface area contributed by atoms with Gasteiger partial charge in [0.25, 0.3) is 17.8 Å². The SMILES string of the molecule is C[C@@H](N)C(=O)N1CC(F)(F)C1.C[C@@H](NC(=O)c1cn(COCC[Si](C)(C)C)c2ncc(-c3nn(C)c4cc(Cl)ccc34)nc12)C(=O)N1CC(F)(F)C1.Cn1nc(-c2cnc3c(n2)c(C(=O)O)cn3COCC[Si](C)(C)C)c2ccc(Cl)cc21. The van der Waals surface area contributed by atoms with Crippen molar-refractivity contribution in [2.24, 2.45) is 19.8 Å². The van der Waals surface area contributed by atoms with Crippen molar-refractivity contribution in [1.82, 2.24) is 63.7 Å². The van der Waals surface area contributed by atoms with Crippen LogP contribution >= 0.6 is 23.2 Å². The number of carboxylic acid groups (broad SMARTS) is 1. The fraction of sp³-hybridized carbons (Fsp3) is 0.444. The summed E-state index contributed by atoms with van der Waals surface area (Å²) in [6.07, 6.45) is 6.32. The second-order valence-electron chi connectivity index (χ2n) is 23.2. The van der Waals surface area contributed by atoms with Gasteiger partial charge in [-0.05, 0) is 62.3 Å². The van der Waals surface area contributed by atoms with Crippen LogP contribution in [-0.2, 0) is 46.6 Å². The molecule has 2 fully saturated rings. The lowest BCUT2D eigenvalue weighted by molar-refractivity contribution is -0.167. The standard InChI is InChI=1S/C27H32ClF2N7O3Si.C21H24ClN5O3Si.C6H10F2N2O/c1-16(26(39)37-13-27(29,30)14-37)32-25(38)19-12-36(15-40-8-9-41(3,4)5)24-23(19)33-20(11-31-24)22-18-7-6-17(28)10-21(18)35(2)34-22;1-26-17-9-13(22)5-6-14(17)18(25-26)16-10-23-20-19(24-16)15(21(28)29)11-27(20)12-30-7-8-31(2,3)4;1-4(9)5(11)10-2-6(7,8)3-10/h6-7,10-12,16H,8-9,13-15H2,1-5H3,(H,32,38);5-6,9-11H,7-8,12H2,1-4H3,(H,28,29);4H,2-3,9H2,1H3/t16-;;4-/m1.1/s1. The van der Waals surface area contributed by atoms with Crippen molar-refractivity contribution in [2.75, 3.05) is 39.4 Å². The maximum atomic E-state index is 13.4. The lowest BCUT2D eigenvalue weighted by atomic mass is 10.1. The van der Waals surface area contributed by atoms with Crippen molar-refractivity contribution in [2.45, 2.75) is 103 Å². The van der Waals surface area contributed by atoms with E-state index in [1.54, 1.807) is 62.3 Å². The zero-order valence-corrected chi connectivity index (χ0v) is 51.1. The first-order valence-corrected chi connectivity index (χ1v) is 34.7. The number of nitrogens with zero attached hydrogens (tertiary/aromatic N) is 12. The molecule has 2 aromatic carbocycles. The molecule has 8 heterocycles. The van der Waals surface area contributed by atoms with Crippen LogP contribution in [0.3, 0.4) is 0 Å². The summed E-state index contributed by atoms with van der Waals surface area (Å²) >= 11 is 12.3. The third-order valence-corrected chi connectivity index (χ3v) is 17.5. The Morgan fingerprint density at radius 3 is 1.49 bits per heavy atom. The molecule has 4 N–H and O–H groups in total. The molecule has 3 amide bonds. The van der Waals surface area contributed by atoms with Gasteiger partial charge in [-0.15, -0.1) is 0 Å². The highest BCUT2D eigenvalue weighted by Gasteiger charge is 2.48. The number of aromatic carboxylic acids is 1. The number of aryl methyl sites for hydroxylation is 2. The maximum absolute atomic E-state index is 13.4. The van der Waals surface area contributed by atoms with Crippen LogP contribution in [0, 0.1) is 0 Å². The number of halogens is 6. The van der Waals surface area contributed by atoms with Crippen molar-refractivity contribution < 1.29 is 51.3 Å². The van der Waals surface area contributed by atoms with E-state index < -0.39 is 89.9 Å². The average Bonchev–Trinajstić information content (AvgIpc) is 3.33. The molecule has 2 aliphatic rings. The molecule has 8 aromatic rings. The van der Waals surface area contributed by atoms with E-state index in [0.717, 1.165) is 43.7 Å². The molecule has 10 rings (SSSR count). The number of carboxylic acids is 1. The zero-order chi connectivity index (χ0) is 60.7. The van der Waals surface area contributed by atoms with E-state index in [-0.39, 0.29) is 24.6 Å². The number of benzene rings is 2. The van der Waals surface area contributed by atoms with Gasteiger partial charge in [0.1, 0.15) is 58.9 Å². The number of likely N-dealkylation sites (tertiary alicyclic amines) is 2. The summed E-state index contributed by atoms with van der Waals surface area (Å²) in [5, 5.41) is 24.4. The zero-order valence-electron chi connectivity index (χ0n) is 47.6. The molecule has 2 saturated heterocycles. The number of nitrogens with one attached hydrogen (secondary N) is 1. The van der Waals surface area contributed by atoms with Crippen LogP contribution in [0.25, 0.3) is 66.9 Å². The number of carbonyl (C=O) groups excluding carboxylic acids is 3. The quantitative estimate of drug-likeness (QED) is 0.0437. The van der Waals surface area contributed by atoms with Crippen LogP contribution in [0.15, 0.2) is 61.2 Å². The third kappa shape index (κ3) is 14.7. The highest BCUT2D eigenvalue weighted by Crippen LogP contribution is 2.33. The van der Waals surface area contributed by atoms with Crippen LogP contribution in [-0.4, -0.2) is 167 Å². The van der Waals surface area contributed by atoms with Crippen molar-refractivity contribution in [3.05, 3.63) is 82.4 Å². The molecular weight excluding hydrogens is 1160 g/mol. The summed E-state index contributed by atoms with van der Waals surface area (Å²) in [7, 11) is 1.12. The second-order valence-corrected chi connectivity index (χ2v) is 35.3. The number of aromatic nitrogens is 10. The summed E-state index contributed by atoms with van der Waals surface area (Å²) in [5.74, 6) is -8.20. The van der Waals surface area contributed by atoms with Gasteiger partial charge < -0.3 is 44.6 Å². The van der Waals surface area contributed by atoms with Gasteiger partial charge in [0.2, 0.25) is 11.8 Å². The molecule has 0 unspecified atom stereocenters. The van der Waals surface area contributed by atoms with Crippen LogP contribution in [0.2, 0.25) is 61.4 Å². The van der Waals surface area contributed by atoms with E-state index in [0.29, 0.717) is 68.4 Å². The lowest BCUT2D eigenvalue weighted by Gasteiger charge is -2.39. The average molecular weight is 1230 g/mol. The second kappa shape index (κ2) is 24.4. The van der Waals surface area contributed by atoms with Gasteiger partial charge in [-0.1, -0.05) is 62.5 Å². The van der Waals surface area contributed by atoms with Crippen LogP contribution in [0.4, 0.5) is 17.6 Å². The molecule has 0 spiro atoms. The van der Waals surface area contributed by atoms with E-state index >= 15 is 0 Å². The number of fused-ring (bicyclic) bond motifs is 4. The third-order valence-electron chi connectivity index (χ3n) is 13.6. The smallest absolute Gasteiger partial charge is 0.339 e. The van der Waals surface area contributed by atoms with E-state index in [2.05, 4.69) is 69.7 Å². The normalized spacial score (nSPS) is 15.5. The maximum Gasteiger partial charge on any atom is 0.339 e. The van der Waals surface area contributed by atoms with Crippen molar-refractivity contribution >= 4 is 107 Å². The molecule has 29 heteroatoms. The van der Waals surface area contributed by atoms with Crippen LogP contribution < -0.4 is 11.1 Å². The Kier molecular flexibility index (Phi) is 18.3. The van der Waals surface area contributed by atoms with Gasteiger partial charge in [-0.25, -0.2) is 42.3 Å². The van der Waals surface area contributed by atoms with Crippen LogP contribution in [0.5, 0.6) is 0 Å². The number of amides is 3. The molecule has 21 nitrogen and oxygen atoms in total. The number of ether oxygens (including phenoxy) is 2. The van der Waals surface area contributed by atoms with Gasteiger partial charge >= 0.3 is 5.97 Å². The molecule has 0 saturated carbocycles. The number of carbonyl (C=O) groups is 4. The van der Waals surface area contributed by atoms with Crippen molar-refractivity contribution in [3.8, 4) is 22.8 Å². The molecular formula is C54H66Cl2F4N14O7Si2. The Morgan fingerprint density at radius 2 is 1.10 bits per heavy atom. The summed E-state index contributed by atoms with van der Waals surface area (Å²) in [6, 6.07) is 11.2. The van der Waals surface area contributed by atoms with E-state index in [9.17, 15) is 41.8 Å². The number of rotatable bonds is 17. The van der Waals surface area contributed by atoms with Crippen molar-refractivity contribution in [1.29, 1.82) is 0 Å². The topological polar surface area (TPSA) is 249 Å². The summed E-state index contributed by atoms with van der Waals surface area (Å²) < 4.78 is 69.4. The van der Waals surface area contributed by atoms with Crippen LogP contribution in [0.1, 0.15) is 34.6 Å². The van der Waals surface area contributed by atoms with Crippen molar-refractivity contribution in [3.63, 3.8) is 0 Å². The molecule has 6 aromatic heterocycles. The minimum Gasteiger partial charge on any atom is -0.478 e. The molecule has 2 atom stereocenters. The number of hydrogen-bond acceptors (Lipinski definition) is 13. The Morgan fingerprint density at radius 1 is 0.687 bits per heavy atom. The molecule has 0 radical (unpaired) electrons. The number of nitrogens with two attached hydrogens (primary N) is 1. The minimum atomic E-state index is -2.89. The first-order valence-electron chi connectivity index (χ1n) is 26.5. The first-order chi connectivity index (χ1) is 38.8. The minimum absolute atomic E-state index is 0.0847. The highest BCUT2D eigenvalue weighted by atomic mass is 35.5. The van der Waals surface area contributed by atoms with Gasteiger partial charge in [0.15, 0.2) is 11.3 Å². The van der Waals surface area contributed by atoms with Gasteiger partial charge in [0, 0.05) is 76.7 Å². The predicted octanol–water partition coefficient (Wildman–Crippen LogP) is 9.01. The molecule has 0 aliphatic carbocycles. The number of alkyl halides is 4. The number of hydrogen-bond donors (Lipinski definition) is 3. The Labute approximate surface area is 487 Å². The van der Waals surface area contributed by atoms with E-state index in [1.165, 1.54) is 20.0 Å². The molecule has 0 bridgehead atoms. The Balaban J connectivity index is 0.000000188. The summed E-state index contributed by atoms with van der Waals surface area (Å²) in [4.78, 5) is 69.4. The summed E-state index contributed by atoms with van der Waals surface area (Å²) in [6.45, 7) is 15.9. The Bertz CT molecular complexity index is 3750. The lowest BCUT2D eigenvalue weighted by Crippen LogP contribution is -2.62. The van der Waals surface area contributed by atoms with E-state index in [4.69, 9.17) is 43.4 Å². The fourth-order valence-electron chi connectivity index (χ4n) is 9.01.